The van der Waals surface area contributed by atoms with Crippen LogP contribution in [0.1, 0.15) is 52.9 Å². The number of carbonyl (C=O) groups is 1. The van der Waals surface area contributed by atoms with E-state index in [9.17, 15) is 4.79 Å². The number of alkyl halides is 1. The van der Waals surface area contributed by atoms with Crippen molar-refractivity contribution >= 4 is 17.5 Å². The van der Waals surface area contributed by atoms with Gasteiger partial charge in [0.1, 0.15) is 0 Å². The quantitative estimate of drug-likeness (QED) is 0.506. The topological polar surface area (TPSA) is 29.1 Å². The average molecular weight is 234 g/mol. The van der Waals surface area contributed by atoms with Crippen molar-refractivity contribution in [3.8, 4) is 0 Å². The Morgan fingerprint density at radius 2 is 2.00 bits per heavy atom. The molecule has 0 aromatic rings. The summed E-state index contributed by atoms with van der Waals surface area (Å²) < 4.78 is 0. The molecule has 2 nitrogen and oxygen atoms in total. The van der Waals surface area contributed by atoms with E-state index in [4.69, 9.17) is 11.6 Å². The van der Waals surface area contributed by atoms with Gasteiger partial charge in [-0.1, -0.05) is 33.6 Å². The first kappa shape index (κ1) is 14.8. The van der Waals surface area contributed by atoms with E-state index in [0.717, 1.165) is 25.7 Å². The van der Waals surface area contributed by atoms with Crippen LogP contribution in [0.3, 0.4) is 0 Å². The SMILES string of the molecule is CCCCCC(=O)NCC(Cl)CC(C)C. The number of hydrogen-bond acceptors (Lipinski definition) is 1. The van der Waals surface area contributed by atoms with Gasteiger partial charge in [0.05, 0.1) is 5.38 Å². The minimum Gasteiger partial charge on any atom is -0.355 e. The maximum Gasteiger partial charge on any atom is 0.220 e. The summed E-state index contributed by atoms with van der Waals surface area (Å²) in [4.78, 5) is 11.3. The summed E-state index contributed by atoms with van der Waals surface area (Å²) in [5.74, 6) is 0.724. The van der Waals surface area contributed by atoms with Crippen molar-refractivity contribution in [3.63, 3.8) is 0 Å². The lowest BCUT2D eigenvalue weighted by atomic mass is 10.1. The molecule has 3 heteroatoms. The standard InChI is InChI=1S/C12H24ClNO/c1-4-5-6-7-12(15)14-9-11(13)8-10(2)3/h10-11H,4-9H2,1-3H3,(H,14,15). The van der Waals surface area contributed by atoms with Gasteiger partial charge in [-0.2, -0.15) is 0 Å². The van der Waals surface area contributed by atoms with Crippen molar-refractivity contribution in [2.24, 2.45) is 5.92 Å². The van der Waals surface area contributed by atoms with Gasteiger partial charge >= 0.3 is 0 Å². The molecule has 0 spiro atoms. The van der Waals surface area contributed by atoms with E-state index in [1.807, 2.05) is 0 Å². The molecule has 0 aliphatic heterocycles. The van der Waals surface area contributed by atoms with Crippen molar-refractivity contribution in [2.75, 3.05) is 6.54 Å². The Balaban J connectivity index is 3.44. The summed E-state index contributed by atoms with van der Waals surface area (Å²) in [7, 11) is 0. The van der Waals surface area contributed by atoms with Crippen LogP contribution in [0.4, 0.5) is 0 Å². The van der Waals surface area contributed by atoms with Crippen LogP contribution in [0.5, 0.6) is 0 Å². The predicted molar refractivity (Wildman–Crippen MR) is 66.2 cm³/mol. The third-order valence-corrected chi connectivity index (χ3v) is 2.59. The number of rotatable bonds is 8. The van der Waals surface area contributed by atoms with Gasteiger partial charge in [0, 0.05) is 13.0 Å². The van der Waals surface area contributed by atoms with Crippen LogP contribution >= 0.6 is 11.6 Å². The maximum absolute atomic E-state index is 11.3. The predicted octanol–water partition coefficient (Wildman–Crippen LogP) is 3.34. The second-order valence-corrected chi connectivity index (χ2v) is 5.11. The van der Waals surface area contributed by atoms with Gasteiger partial charge in [0.15, 0.2) is 0 Å². The Kier molecular flexibility index (Phi) is 8.88. The summed E-state index contributed by atoms with van der Waals surface area (Å²) in [6.07, 6.45) is 4.86. The number of nitrogens with one attached hydrogen (secondary N) is 1. The van der Waals surface area contributed by atoms with Gasteiger partial charge in [-0.25, -0.2) is 0 Å². The molecule has 1 unspecified atom stereocenters. The van der Waals surface area contributed by atoms with Crippen LogP contribution in [0, 0.1) is 5.92 Å². The summed E-state index contributed by atoms with van der Waals surface area (Å²) >= 11 is 6.07. The van der Waals surface area contributed by atoms with E-state index in [1.54, 1.807) is 0 Å². The summed E-state index contributed by atoms with van der Waals surface area (Å²) in [5, 5.41) is 2.95. The summed E-state index contributed by atoms with van der Waals surface area (Å²) in [6, 6.07) is 0. The zero-order valence-electron chi connectivity index (χ0n) is 10.2. The minimum absolute atomic E-state index is 0.0696. The van der Waals surface area contributed by atoms with E-state index in [0.29, 0.717) is 18.9 Å². The number of unbranched alkanes of at least 4 members (excludes halogenated alkanes) is 2. The van der Waals surface area contributed by atoms with Crippen molar-refractivity contribution in [1.29, 1.82) is 0 Å². The van der Waals surface area contributed by atoms with E-state index in [-0.39, 0.29) is 11.3 Å². The van der Waals surface area contributed by atoms with E-state index < -0.39 is 0 Å². The normalized spacial score (nSPS) is 12.9. The summed E-state index contributed by atoms with van der Waals surface area (Å²) in [6.45, 7) is 7.01. The number of carbonyl (C=O) groups excluding carboxylic acids is 1. The third-order valence-electron chi connectivity index (χ3n) is 2.26. The molecule has 15 heavy (non-hydrogen) atoms. The highest BCUT2D eigenvalue weighted by Gasteiger charge is 2.08. The van der Waals surface area contributed by atoms with Crippen LogP contribution in [-0.2, 0) is 4.79 Å². The van der Waals surface area contributed by atoms with E-state index in [1.165, 1.54) is 0 Å². The highest BCUT2D eigenvalue weighted by atomic mass is 35.5. The largest absolute Gasteiger partial charge is 0.355 e. The molecule has 1 N–H and O–H groups in total. The Bertz CT molecular complexity index is 171. The molecular formula is C12H24ClNO. The second-order valence-electron chi connectivity index (χ2n) is 4.49. The smallest absolute Gasteiger partial charge is 0.220 e. The number of amides is 1. The fourth-order valence-electron chi connectivity index (χ4n) is 1.44. The molecule has 0 fully saturated rings. The fourth-order valence-corrected chi connectivity index (χ4v) is 1.88. The van der Waals surface area contributed by atoms with Crippen molar-refractivity contribution < 1.29 is 4.79 Å². The first-order valence-electron chi connectivity index (χ1n) is 5.97. The molecule has 0 aliphatic carbocycles. The molecule has 0 heterocycles. The van der Waals surface area contributed by atoms with Crippen molar-refractivity contribution in [3.05, 3.63) is 0 Å². The van der Waals surface area contributed by atoms with Gasteiger partial charge in [-0.15, -0.1) is 11.6 Å². The maximum atomic E-state index is 11.3. The molecular weight excluding hydrogens is 210 g/mol. The molecule has 0 rings (SSSR count). The third kappa shape index (κ3) is 10.1. The lowest BCUT2D eigenvalue weighted by Gasteiger charge is -2.12. The van der Waals surface area contributed by atoms with Crippen LogP contribution in [0.2, 0.25) is 0 Å². The number of hydrogen-bond donors (Lipinski definition) is 1. The Labute approximate surface area is 98.8 Å². The molecule has 90 valence electrons. The van der Waals surface area contributed by atoms with Crippen LogP contribution in [0.15, 0.2) is 0 Å². The first-order valence-corrected chi connectivity index (χ1v) is 6.40. The molecule has 0 saturated carbocycles. The second kappa shape index (κ2) is 9.02. The minimum atomic E-state index is 0.0696. The molecule has 0 aromatic heterocycles. The molecule has 0 aromatic carbocycles. The molecule has 1 atom stereocenters. The van der Waals surface area contributed by atoms with Gasteiger partial charge < -0.3 is 5.32 Å². The Morgan fingerprint density at radius 1 is 1.33 bits per heavy atom. The Morgan fingerprint density at radius 3 is 2.53 bits per heavy atom. The van der Waals surface area contributed by atoms with Crippen molar-refractivity contribution in [2.45, 2.75) is 58.3 Å². The van der Waals surface area contributed by atoms with Gasteiger partial charge in [-0.05, 0) is 18.8 Å². The highest BCUT2D eigenvalue weighted by molar-refractivity contribution is 6.20. The molecule has 1 amide bonds. The van der Waals surface area contributed by atoms with Gasteiger partial charge in [0.2, 0.25) is 5.91 Å². The van der Waals surface area contributed by atoms with Gasteiger partial charge in [-0.3, -0.25) is 4.79 Å². The van der Waals surface area contributed by atoms with Crippen LogP contribution < -0.4 is 5.32 Å². The molecule has 0 aliphatic rings. The molecule has 0 bridgehead atoms. The van der Waals surface area contributed by atoms with E-state index in [2.05, 4.69) is 26.1 Å². The molecule has 0 radical (unpaired) electrons. The molecule has 0 saturated heterocycles. The Hall–Kier alpha value is -0.240. The highest BCUT2D eigenvalue weighted by Crippen LogP contribution is 2.09. The van der Waals surface area contributed by atoms with E-state index >= 15 is 0 Å². The lowest BCUT2D eigenvalue weighted by molar-refractivity contribution is -0.121. The zero-order valence-corrected chi connectivity index (χ0v) is 10.9. The van der Waals surface area contributed by atoms with Crippen LogP contribution in [-0.4, -0.2) is 17.8 Å². The monoisotopic (exact) mass is 233 g/mol. The number of halogens is 1. The van der Waals surface area contributed by atoms with Crippen molar-refractivity contribution in [1.82, 2.24) is 5.32 Å². The fraction of sp³-hybridized carbons (Fsp3) is 0.917. The van der Waals surface area contributed by atoms with Crippen LogP contribution in [0.25, 0.3) is 0 Å². The zero-order chi connectivity index (χ0) is 11.7. The lowest BCUT2D eigenvalue weighted by Crippen LogP contribution is -2.30. The summed E-state index contributed by atoms with van der Waals surface area (Å²) in [5.41, 5.74) is 0. The first-order chi connectivity index (χ1) is 7.06. The van der Waals surface area contributed by atoms with Gasteiger partial charge in [0.25, 0.3) is 0 Å². The average Bonchev–Trinajstić information content (AvgIpc) is 2.14.